The smallest absolute Gasteiger partial charge is 0.251 e. The number of pyridine rings is 1. The van der Waals surface area contributed by atoms with Crippen molar-refractivity contribution in [2.24, 2.45) is 0 Å². The van der Waals surface area contributed by atoms with Crippen molar-refractivity contribution in [1.82, 2.24) is 25.7 Å². The number of hydrogen-bond donors (Lipinski definition) is 2. The lowest BCUT2D eigenvalue weighted by molar-refractivity contribution is 0.0951. The number of H-pyrrole nitrogens is 1. The number of nitrogens with zero attached hydrogens (tertiary/aromatic N) is 3. The third-order valence-electron chi connectivity index (χ3n) is 2.75. The first-order chi connectivity index (χ1) is 9.33. The minimum Gasteiger partial charge on any atom is -0.348 e. The van der Waals surface area contributed by atoms with Gasteiger partial charge in [-0.1, -0.05) is 6.07 Å². The van der Waals surface area contributed by atoms with Gasteiger partial charge >= 0.3 is 0 Å². The van der Waals surface area contributed by atoms with Crippen LogP contribution in [0.2, 0.25) is 0 Å². The van der Waals surface area contributed by atoms with Gasteiger partial charge in [0.1, 0.15) is 11.0 Å². The second kappa shape index (κ2) is 4.85. The highest BCUT2D eigenvalue weighted by Gasteiger charge is 2.07. The normalized spacial score (nSPS) is 10.5. The Morgan fingerprint density at radius 2 is 2.11 bits per heavy atom. The number of carbonyl (C=O) groups is 1. The molecule has 94 valence electrons. The van der Waals surface area contributed by atoms with Gasteiger partial charge < -0.3 is 5.32 Å². The summed E-state index contributed by atoms with van der Waals surface area (Å²) in [5, 5.41) is 13.2. The molecule has 0 fully saturated rings. The van der Waals surface area contributed by atoms with Gasteiger partial charge in [0, 0.05) is 24.5 Å². The Bertz CT molecular complexity index is 707. The first-order valence-electron chi connectivity index (χ1n) is 5.80. The summed E-state index contributed by atoms with van der Waals surface area (Å²) in [7, 11) is 0. The monoisotopic (exact) mass is 253 g/mol. The zero-order valence-corrected chi connectivity index (χ0v) is 10.00. The molecule has 0 unspecified atom stereocenters. The van der Waals surface area contributed by atoms with E-state index in [1.165, 1.54) is 0 Å². The number of nitrogens with one attached hydrogen (secondary N) is 2. The maximum absolute atomic E-state index is 12.0. The summed E-state index contributed by atoms with van der Waals surface area (Å²) in [6.07, 6.45) is 3.42. The number of hydrogen-bond acceptors (Lipinski definition) is 4. The summed E-state index contributed by atoms with van der Waals surface area (Å²) in [4.78, 5) is 16.0. The van der Waals surface area contributed by atoms with Crippen molar-refractivity contribution < 1.29 is 4.79 Å². The molecule has 0 saturated heterocycles. The lowest BCUT2D eigenvalue weighted by Gasteiger charge is -2.04. The second-order valence-corrected chi connectivity index (χ2v) is 4.07. The Balaban J connectivity index is 1.73. The molecule has 0 radical (unpaired) electrons. The molecule has 0 aliphatic carbocycles. The Labute approximate surface area is 108 Å². The van der Waals surface area contributed by atoms with Gasteiger partial charge in [0.15, 0.2) is 0 Å². The van der Waals surface area contributed by atoms with Crippen LogP contribution in [0.5, 0.6) is 0 Å². The molecule has 2 N–H and O–H groups in total. The first-order valence-corrected chi connectivity index (χ1v) is 5.80. The van der Waals surface area contributed by atoms with Gasteiger partial charge in [-0.2, -0.15) is 15.4 Å². The molecule has 1 amide bonds. The quantitative estimate of drug-likeness (QED) is 0.736. The summed E-state index contributed by atoms with van der Waals surface area (Å²) in [5.41, 5.74) is 2.93. The van der Waals surface area contributed by atoms with Crippen molar-refractivity contribution >= 4 is 16.9 Å². The number of carbonyl (C=O) groups excluding carboxylic acids is 1. The number of fused-ring (bicyclic) bond motifs is 1. The minimum absolute atomic E-state index is 0.145. The topological polar surface area (TPSA) is 83.6 Å². The lowest BCUT2D eigenvalue weighted by Crippen LogP contribution is -2.22. The van der Waals surface area contributed by atoms with Gasteiger partial charge in [0.25, 0.3) is 5.91 Å². The predicted molar refractivity (Wildman–Crippen MR) is 69.3 cm³/mol. The van der Waals surface area contributed by atoms with E-state index < -0.39 is 0 Å². The molecule has 0 saturated carbocycles. The van der Waals surface area contributed by atoms with Gasteiger partial charge in [-0.15, -0.1) is 0 Å². The van der Waals surface area contributed by atoms with Crippen molar-refractivity contribution in [3.05, 3.63) is 53.9 Å². The zero-order chi connectivity index (χ0) is 13.1. The number of aromatic nitrogens is 4. The predicted octanol–water partition coefficient (Wildman–Crippen LogP) is 1.28. The van der Waals surface area contributed by atoms with Crippen LogP contribution in [0, 0.1) is 0 Å². The van der Waals surface area contributed by atoms with E-state index in [9.17, 15) is 4.79 Å². The maximum Gasteiger partial charge on any atom is 0.251 e. The molecule has 19 heavy (non-hydrogen) atoms. The van der Waals surface area contributed by atoms with E-state index in [1.54, 1.807) is 30.6 Å². The van der Waals surface area contributed by atoms with Crippen LogP contribution in [0.3, 0.4) is 0 Å². The Hall–Kier alpha value is -2.76. The number of aromatic amines is 1. The lowest BCUT2D eigenvalue weighted by atomic mass is 10.2. The number of rotatable bonds is 3. The van der Waals surface area contributed by atoms with Crippen LogP contribution in [0.25, 0.3) is 11.0 Å². The van der Waals surface area contributed by atoms with Crippen LogP contribution in [0.15, 0.2) is 42.7 Å². The van der Waals surface area contributed by atoms with Gasteiger partial charge in [-0.05, 0) is 29.8 Å². The summed E-state index contributed by atoms with van der Waals surface area (Å²) in [6, 6.07) is 8.94. The van der Waals surface area contributed by atoms with Crippen LogP contribution in [-0.2, 0) is 6.54 Å². The first kappa shape index (κ1) is 11.3. The Kier molecular flexibility index (Phi) is 2.89. The summed E-state index contributed by atoms with van der Waals surface area (Å²) in [5.74, 6) is -0.145. The molecular formula is C13H11N5O. The molecule has 0 bridgehead atoms. The summed E-state index contributed by atoms with van der Waals surface area (Å²) in [6.45, 7) is 0.448. The van der Waals surface area contributed by atoms with Crippen molar-refractivity contribution in [3.8, 4) is 0 Å². The van der Waals surface area contributed by atoms with Crippen molar-refractivity contribution in [1.29, 1.82) is 0 Å². The summed E-state index contributed by atoms with van der Waals surface area (Å²) >= 11 is 0. The zero-order valence-electron chi connectivity index (χ0n) is 10.00. The SMILES string of the molecule is O=C(NCc1cccnc1)c1ccc2n[nH]nc2c1. The largest absolute Gasteiger partial charge is 0.348 e. The van der Waals surface area contributed by atoms with Gasteiger partial charge in [-0.3, -0.25) is 9.78 Å². The molecule has 0 atom stereocenters. The molecule has 6 heteroatoms. The van der Waals surface area contributed by atoms with E-state index in [4.69, 9.17) is 0 Å². The van der Waals surface area contributed by atoms with E-state index in [0.717, 1.165) is 11.1 Å². The molecule has 2 aromatic heterocycles. The van der Waals surface area contributed by atoms with Crippen LogP contribution >= 0.6 is 0 Å². The highest BCUT2D eigenvalue weighted by molar-refractivity contribution is 5.97. The molecule has 3 rings (SSSR count). The van der Waals surface area contributed by atoms with Crippen LogP contribution in [0.1, 0.15) is 15.9 Å². The van der Waals surface area contributed by atoms with E-state index in [0.29, 0.717) is 17.6 Å². The van der Waals surface area contributed by atoms with E-state index in [-0.39, 0.29) is 5.91 Å². The molecule has 3 aromatic rings. The highest BCUT2D eigenvalue weighted by Crippen LogP contribution is 2.10. The third-order valence-corrected chi connectivity index (χ3v) is 2.75. The molecule has 0 aliphatic heterocycles. The van der Waals surface area contributed by atoms with Crippen LogP contribution < -0.4 is 5.32 Å². The van der Waals surface area contributed by atoms with E-state index in [1.807, 2.05) is 12.1 Å². The van der Waals surface area contributed by atoms with E-state index >= 15 is 0 Å². The van der Waals surface area contributed by atoms with Gasteiger partial charge in [-0.25, -0.2) is 0 Å². The van der Waals surface area contributed by atoms with Crippen molar-refractivity contribution in [2.75, 3.05) is 0 Å². The fraction of sp³-hybridized carbons (Fsp3) is 0.0769. The molecule has 2 heterocycles. The molecule has 1 aromatic carbocycles. The second-order valence-electron chi connectivity index (χ2n) is 4.07. The fourth-order valence-electron chi connectivity index (χ4n) is 1.77. The van der Waals surface area contributed by atoms with Crippen LogP contribution in [0.4, 0.5) is 0 Å². The minimum atomic E-state index is -0.145. The average Bonchev–Trinajstić information content (AvgIpc) is 2.93. The maximum atomic E-state index is 12.0. The van der Waals surface area contributed by atoms with Crippen molar-refractivity contribution in [3.63, 3.8) is 0 Å². The third kappa shape index (κ3) is 2.42. The molecule has 0 aliphatic rings. The highest BCUT2D eigenvalue weighted by atomic mass is 16.1. The summed E-state index contributed by atoms with van der Waals surface area (Å²) < 4.78 is 0. The van der Waals surface area contributed by atoms with Crippen LogP contribution in [-0.4, -0.2) is 26.3 Å². The number of amides is 1. The Morgan fingerprint density at radius 3 is 2.95 bits per heavy atom. The fourth-order valence-corrected chi connectivity index (χ4v) is 1.77. The van der Waals surface area contributed by atoms with Crippen molar-refractivity contribution in [2.45, 2.75) is 6.54 Å². The number of benzene rings is 1. The average molecular weight is 253 g/mol. The van der Waals surface area contributed by atoms with Gasteiger partial charge in [0.2, 0.25) is 0 Å². The standard InChI is InChI=1S/C13H11N5O/c19-13(15-8-9-2-1-5-14-7-9)10-3-4-11-12(6-10)17-18-16-11/h1-7H,8H2,(H,15,19)(H,16,17,18). The Morgan fingerprint density at radius 1 is 1.21 bits per heavy atom. The van der Waals surface area contributed by atoms with Gasteiger partial charge in [0.05, 0.1) is 0 Å². The molecule has 6 nitrogen and oxygen atoms in total. The molecule has 0 spiro atoms. The molecular weight excluding hydrogens is 242 g/mol. The van der Waals surface area contributed by atoms with E-state index in [2.05, 4.69) is 25.7 Å².